The minimum absolute atomic E-state index is 0.221. The third kappa shape index (κ3) is 2.90. The standard InChI is InChI=1S/C14H25N3O3/c1-3-11-10-17(9-8-16(11)2)13(20)15-14(12(18)19)6-4-5-7-14/h11H,3-10H2,1-2H3,(H,15,20)(H,18,19). The topological polar surface area (TPSA) is 72.9 Å². The minimum Gasteiger partial charge on any atom is -0.480 e. The average Bonchev–Trinajstić information content (AvgIpc) is 2.89. The highest BCUT2D eigenvalue weighted by atomic mass is 16.4. The number of carbonyl (C=O) groups excluding carboxylic acids is 1. The molecule has 2 amide bonds. The van der Waals surface area contributed by atoms with Gasteiger partial charge in [0.15, 0.2) is 0 Å². The van der Waals surface area contributed by atoms with Crippen LogP contribution in [0.2, 0.25) is 0 Å². The third-order valence-electron chi connectivity index (χ3n) is 4.75. The largest absolute Gasteiger partial charge is 0.480 e. The number of amides is 2. The highest BCUT2D eigenvalue weighted by Gasteiger charge is 2.43. The third-order valence-corrected chi connectivity index (χ3v) is 4.75. The van der Waals surface area contributed by atoms with Crippen LogP contribution in [0.4, 0.5) is 4.79 Å². The lowest BCUT2D eigenvalue weighted by Crippen LogP contribution is -2.60. The first-order valence-electron chi connectivity index (χ1n) is 7.49. The smallest absolute Gasteiger partial charge is 0.329 e. The number of carboxylic acids is 1. The molecule has 2 fully saturated rings. The molecule has 1 heterocycles. The number of carbonyl (C=O) groups is 2. The first-order chi connectivity index (χ1) is 9.48. The van der Waals surface area contributed by atoms with Crippen LogP contribution >= 0.6 is 0 Å². The number of nitrogens with one attached hydrogen (secondary N) is 1. The van der Waals surface area contributed by atoms with Crippen molar-refractivity contribution in [1.82, 2.24) is 15.1 Å². The van der Waals surface area contributed by atoms with E-state index < -0.39 is 11.5 Å². The summed E-state index contributed by atoms with van der Waals surface area (Å²) < 4.78 is 0. The van der Waals surface area contributed by atoms with Crippen molar-refractivity contribution in [2.45, 2.75) is 50.6 Å². The zero-order valence-corrected chi connectivity index (χ0v) is 12.4. The van der Waals surface area contributed by atoms with Crippen LogP contribution in [0.3, 0.4) is 0 Å². The number of aliphatic carboxylic acids is 1. The van der Waals surface area contributed by atoms with Gasteiger partial charge in [-0.2, -0.15) is 0 Å². The van der Waals surface area contributed by atoms with Gasteiger partial charge in [0.05, 0.1) is 0 Å². The zero-order chi connectivity index (χ0) is 14.8. The predicted octanol–water partition coefficient (Wildman–Crippen LogP) is 1.12. The van der Waals surface area contributed by atoms with Gasteiger partial charge in [0.25, 0.3) is 0 Å². The fourth-order valence-corrected chi connectivity index (χ4v) is 3.23. The molecule has 6 heteroatoms. The molecule has 1 saturated heterocycles. The van der Waals surface area contributed by atoms with E-state index in [2.05, 4.69) is 24.2 Å². The molecule has 1 atom stereocenters. The summed E-state index contributed by atoms with van der Waals surface area (Å²) in [6.45, 7) is 4.29. The van der Waals surface area contributed by atoms with E-state index in [4.69, 9.17) is 0 Å². The van der Waals surface area contributed by atoms with Crippen molar-refractivity contribution >= 4 is 12.0 Å². The fraction of sp³-hybridized carbons (Fsp3) is 0.857. The lowest BCUT2D eigenvalue weighted by Gasteiger charge is -2.40. The monoisotopic (exact) mass is 283 g/mol. The second kappa shape index (κ2) is 5.99. The van der Waals surface area contributed by atoms with Gasteiger partial charge >= 0.3 is 12.0 Å². The Hall–Kier alpha value is -1.30. The average molecular weight is 283 g/mol. The maximum Gasteiger partial charge on any atom is 0.329 e. The van der Waals surface area contributed by atoms with Crippen LogP contribution in [0.1, 0.15) is 39.0 Å². The molecule has 2 aliphatic rings. The molecule has 6 nitrogen and oxygen atoms in total. The van der Waals surface area contributed by atoms with E-state index in [1.54, 1.807) is 4.90 Å². The number of likely N-dealkylation sites (N-methyl/N-ethyl adjacent to an activating group) is 1. The number of piperazine rings is 1. The van der Waals surface area contributed by atoms with E-state index in [0.29, 0.717) is 32.0 Å². The molecule has 0 bridgehead atoms. The molecular formula is C14H25N3O3. The van der Waals surface area contributed by atoms with Crippen molar-refractivity contribution in [3.63, 3.8) is 0 Å². The Morgan fingerprint density at radius 2 is 1.95 bits per heavy atom. The van der Waals surface area contributed by atoms with Gasteiger partial charge in [-0.05, 0) is 26.3 Å². The van der Waals surface area contributed by atoms with Crippen LogP contribution in [0.25, 0.3) is 0 Å². The highest BCUT2D eigenvalue weighted by molar-refractivity contribution is 5.86. The number of carboxylic acid groups (broad SMARTS) is 1. The van der Waals surface area contributed by atoms with Gasteiger partial charge in [0.1, 0.15) is 5.54 Å². The van der Waals surface area contributed by atoms with Crippen molar-refractivity contribution in [3.8, 4) is 0 Å². The van der Waals surface area contributed by atoms with Crippen LogP contribution in [0.5, 0.6) is 0 Å². The summed E-state index contributed by atoms with van der Waals surface area (Å²) in [7, 11) is 2.07. The fourth-order valence-electron chi connectivity index (χ4n) is 3.23. The molecule has 0 aromatic rings. The van der Waals surface area contributed by atoms with Gasteiger partial charge in [-0.15, -0.1) is 0 Å². The molecule has 1 aliphatic heterocycles. The van der Waals surface area contributed by atoms with Crippen molar-refractivity contribution in [1.29, 1.82) is 0 Å². The number of urea groups is 1. The molecule has 2 rings (SSSR count). The number of hydrogen-bond donors (Lipinski definition) is 2. The normalized spacial score (nSPS) is 26.5. The first-order valence-corrected chi connectivity index (χ1v) is 7.49. The maximum absolute atomic E-state index is 12.4. The molecule has 1 unspecified atom stereocenters. The molecule has 2 N–H and O–H groups in total. The van der Waals surface area contributed by atoms with E-state index in [0.717, 1.165) is 25.8 Å². The van der Waals surface area contributed by atoms with Gasteiger partial charge < -0.3 is 15.3 Å². The van der Waals surface area contributed by atoms with E-state index in [1.165, 1.54) is 0 Å². The van der Waals surface area contributed by atoms with Gasteiger partial charge in [0, 0.05) is 25.7 Å². The van der Waals surface area contributed by atoms with E-state index >= 15 is 0 Å². The minimum atomic E-state index is -1.04. The van der Waals surface area contributed by atoms with Crippen molar-refractivity contribution in [2.24, 2.45) is 0 Å². The first kappa shape index (κ1) is 15.1. The van der Waals surface area contributed by atoms with Crippen LogP contribution in [0.15, 0.2) is 0 Å². The van der Waals surface area contributed by atoms with Gasteiger partial charge in [-0.1, -0.05) is 19.8 Å². The van der Waals surface area contributed by atoms with E-state index in [1.807, 2.05) is 0 Å². The summed E-state index contributed by atoms with van der Waals surface area (Å²) in [4.78, 5) is 27.9. The van der Waals surface area contributed by atoms with Crippen LogP contribution in [0, 0.1) is 0 Å². The molecule has 0 aromatic carbocycles. The van der Waals surface area contributed by atoms with Crippen LogP contribution in [-0.2, 0) is 4.79 Å². The number of nitrogens with zero attached hydrogens (tertiary/aromatic N) is 2. The Kier molecular flexibility index (Phi) is 4.52. The molecule has 1 saturated carbocycles. The molecule has 0 radical (unpaired) electrons. The summed E-state index contributed by atoms with van der Waals surface area (Å²) in [5, 5.41) is 12.2. The molecule has 0 spiro atoms. The summed E-state index contributed by atoms with van der Waals surface area (Å²) in [6.07, 6.45) is 3.81. The second-order valence-corrected chi connectivity index (χ2v) is 6.01. The Balaban J connectivity index is 1.99. The molecule has 1 aliphatic carbocycles. The number of rotatable bonds is 3. The van der Waals surface area contributed by atoms with Gasteiger partial charge in [0.2, 0.25) is 0 Å². The lowest BCUT2D eigenvalue weighted by atomic mass is 9.98. The van der Waals surface area contributed by atoms with Gasteiger partial charge in [-0.25, -0.2) is 9.59 Å². The Morgan fingerprint density at radius 1 is 1.30 bits per heavy atom. The quantitative estimate of drug-likeness (QED) is 0.814. The lowest BCUT2D eigenvalue weighted by molar-refractivity contribution is -0.144. The Morgan fingerprint density at radius 3 is 2.50 bits per heavy atom. The predicted molar refractivity (Wildman–Crippen MR) is 75.6 cm³/mol. The van der Waals surface area contributed by atoms with E-state index in [9.17, 15) is 14.7 Å². The molecular weight excluding hydrogens is 258 g/mol. The van der Waals surface area contributed by atoms with Crippen molar-refractivity contribution in [2.75, 3.05) is 26.7 Å². The second-order valence-electron chi connectivity index (χ2n) is 6.01. The maximum atomic E-state index is 12.4. The highest BCUT2D eigenvalue weighted by Crippen LogP contribution is 2.30. The van der Waals surface area contributed by atoms with Crippen molar-refractivity contribution in [3.05, 3.63) is 0 Å². The zero-order valence-electron chi connectivity index (χ0n) is 12.4. The summed E-state index contributed by atoms with van der Waals surface area (Å²) in [5.41, 5.74) is -1.04. The Labute approximate surface area is 120 Å². The summed E-state index contributed by atoms with van der Waals surface area (Å²) in [6, 6.07) is 0.139. The Bertz CT molecular complexity index is 380. The number of hydrogen-bond acceptors (Lipinski definition) is 3. The van der Waals surface area contributed by atoms with Gasteiger partial charge in [-0.3, -0.25) is 4.90 Å². The SMILES string of the molecule is CCC1CN(C(=O)NC2(C(=O)O)CCCC2)CCN1C. The van der Waals surface area contributed by atoms with Crippen LogP contribution in [-0.4, -0.2) is 65.2 Å². The van der Waals surface area contributed by atoms with Crippen molar-refractivity contribution < 1.29 is 14.7 Å². The summed E-state index contributed by atoms with van der Waals surface area (Å²) in [5.74, 6) is -0.899. The van der Waals surface area contributed by atoms with Crippen LogP contribution < -0.4 is 5.32 Å². The molecule has 20 heavy (non-hydrogen) atoms. The molecule has 0 aromatic heterocycles. The summed E-state index contributed by atoms with van der Waals surface area (Å²) >= 11 is 0. The molecule has 114 valence electrons. The van der Waals surface area contributed by atoms with E-state index in [-0.39, 0.29) is 6.03 Å².